The van der Waals surface area contributed by atoms with Crippen molar-refractivity contribution in [2.75, 3.05) is 5.73 Å². The fourth-order valence-electron chi connectivity index (χ4n) is 4.03. The smallest absolute Gasteiger partial charge is 0.220 e. The summed E-state index contributed by atoms with van der Waals surface area (Å²) in [5, 5.41) is 8.10. The number of epoxide rings is 1. The van der Waals surface area contributed by atoms with Gasteiger partial charge in [0.05, 0.1) is 5.69 Å². The van der Waals surface area contributed by atoms with Crippen LogP contribution < -0.4 is 11.1 Å². The van der Waals surface area contributed by atoms with Crippen LogP contribution in [0, 0.1) is 6.92 Å². The molecular weight excluding hydrogens is 400 g/mol. The number of aromatic nitrogens is 4. The molecule has 1 aliphatic rings. The van der Waals surface area contributed by atoms with Crippen molar-refractivity contribution in [3.05, 3.63) is 94.8 Å². The summed E-state index contributed by atoms with van der Waals surface area (Å²) in [6, 6.07) is 20.8. The first kappa shape index (κ1) is 20.4. The Bertz CT molecular complexity index is 1220. The number of nitrogens with two attached hydrogens (primary N) is 1. The third kappa shape index (κ3) is 4.54. The second kappa shape index (κ2) is 8.53. The van der Waals surface area contributed by atoms with Gasteiger partial charge in [0.15, 0.2) is 0 Å². The minimum Gasteiger partial charge on any atom is -0.368 e. The first-order chi connectivity index (χ1) is 15.5. The van der Waals surface area contributed by atoms with Crippen LogP contribution in [0.15, 0.2) is 66.9 Å². The van der Waals surface area contributed by atoms with Crippen molar-refractivity contribution in [3.63, 3.8) is 0 Å². The van der Waals surface area contributed by atoms with Gasteiger partial charge >= 0.3 is 0 Å². The zero-order valence-electron chi connectivity index (χ0n) is 18.2. The lowest BCUT2D eigenvalue weighted by atomic mass is 10.0. The Morgan fingerprint density at radius 1 is 1.03 bits per heavy atom. The van der Waals surface area contributed by atoms with Crippen molar-refractivity contribution in [2.45, 2.75) is 32.2 Å². The van der Waals surface area contributed by atoms with Gasteiger partial charge in [0.25, 0.3) is 0 Å². The topological polar surface area (TPSA) is 94.2 Å². The molecule has 2 aromatic carbocycles. The highest BCUT2D eigenvalue weighted by atomic mass is 16.6. The van der Waals surface area contributed by atoms with Crippen LogP contribution in [0.4, 0.5) is 5.95 Å². The lowest BCUT2D eigenvalue weighted by molar-refractivity contribution is 0.346. The molecule has 2 atom stereocenters. The molecule has 4 aromatic rings. The molecule has 0 aliphatic carbocycles. The van der Waals surface area contributed by atoms with Gasteiger partial charge in [0.1, 0.15) is 18.0 Å². The number of nitrogens with one attached hydrogen (secondary N) is 1. The third-order valence-corrected chi connectivity index (χ3v) is 5.53. The number of ether oxygens (including phenoxy) is 1. The first-order valence-electron chi connectivity index (χ1n) is 10.7. The number of aryl methyl sites for hydroxylation is 2. The molecule has 0 spiro atoms. The molecule has 2 aromatic heterocycles. The van der Waals surface area contributed by atoms with Crippen molar-refractivity contribution >= 4 is 5.95 Å². The minimum absolute atomic E-state index is 0.0476. The zero-order chi connectivity index (χ0) is 22.1. The van der Waals surface area contributed by atoms with E-state index in [1.54, 1.807) is 0 Å². The fourth-order valence-corrected chi connectivity index (χ4v) is 4.03. The lowest BCUT2D eigenvalue weighted by Crippen LogP contribution is -2.17. The number of benzene rings is 2. The lowest BCUT2D eigenvalue weighted by Gasteiger charge is -2.06. The van der Waals surface area contributed by atoms with Gasteiger partial charge < -0.3 is 10.5 Å². The Labute approximate surface area is 187 Å². The molecule has 2 unspecified atom stereocenters. The Hall–Kier alpha value is -3.55. The fraction of sp³-hybridized carbons (Fsp3) is 0.240. The standard InChI is InChI=1S/C25H26N6O/c1-16-11-21(29-25(26)28-16)22-20(15-31(2)30-22)13-18-9-6-10-19(12-18)23-24(32-23)27-14-17-7-4-3-5-8-17/h3-12,15,23-24,27H,13-14H2,1-2H3,(H2,26,28,29). The zero-order valence-corrected chi connectivity index (χ0v) is 18.2. The van der Waals surface area contributed by atoms with Crippen LogP contribution in [0.3, 0.4) is 0 Å². The summed E-state index contributed by atoms with van der Waals surface area (Å²) in [6.07, 6.45) is 2.91. The maximum atomic E-state index is 5.90. The van der Waals surface area contributed by atoms with E-state index in [1.807, 2.05) is 37.0 Å². The van der Waals surface area contributed by atoms with E-state index in [4.69, 9.17) is 10.5 Å². The molecule has 32 heavy (non-hydrogen) atoms. The van der Waals surface area contributed by atoms with E-state index in [0.717, 1.165) is 35.6 Å². The van der Waals surface area contributed by atoms with E-state index in [1.165, 1.54) is 16.7 Å². The number of nitrogen functional groups attached to an aromatic ring is 1. The number of rotatable bonds is 7. The quantitative estimate of drug-likeness (QED) is 0.439. The number of hydrogen-bond donors (Lipinski definition) is 2. The summed E-state index contributed by atoms with van der Waals surface area (Å²) in [4.78, 5) is 8.57. The van der Waals surface area contributed by atoms with Crippen LogP contribution in [0.5, 0.6) is 0 Å². The molecule has 0 amide bonds. The average Bonchev–Trinajstić information content (AvgIpc) is 3.47. The Morgan fingerprint density at radius 3 is 2.66 bits per heavy atom. The Morgan fingerprint density at radius 2 is 1.84 bits per heavy atom. The maximum absolute atomic E-state index is 5.90. The van der Waals surface area contributed by atoms with Gasteiger partial charge in [-0.25, -0.2) is 9.97 Å². The van der Waals surface area contributed by atoms with Crippen LogP contribution in [0.2, 0.25) is 0 Å². The minimum atomic E-state index is 0.0476. The number of hydrogen-bond acceptors (Lipinski definition) is 6. The highest BCUT2D eigenvalue weighted by molar-refractivity contribution is 5.60. The van der Waals surface area contributed by atoms with Crippen LogP contribution in [0.25, 0.3) is 11.4 Å². The summed E-state index contributed by atoms with van der Waals surface area (Å²) in [7, 11) is 1.92. The molecule has 0 saturated carbocycles. The second-order valence-electron chi connectivity index (χ2n) is 8.19. The molecule has 3 heterocycles. The van der Waals surface area contributed by atoms with E-state index in [2.05, 4.69) is 68.9 Å². The highest BCUT2D eigenvalue weighted by Crippen LogP contribution is 2.37. The van der Waals surface area contributed by atoms with Gasteiger partial charge in [-0.3, -0.25) is 10.00 Å². The predicted octanol–water partition coefficient (Wildman–Crippen LogP) is 3.55. The van der Waals surface area contributed by atoms with Crippen molar-refractivity contribution in [3.8, 4) is 11.4 Å². The Kier molecular flexibility index (Phi) is 5.43. The normalized spacial score (nSPS) is 17.4. The van der Waals surface area contributed by atoms with Gasteiger partial charge in [-0.1, -0.05) is 54.6 Å². The van der Waals surface area contributed by atoms with Crippen LogP contribution in [-0.2, 0) is 24.8 Å². The summed E-state index contributed by atoms with van der Waals surface area (Å²) in [5.74, 6) is 0.263. The van der Waals surface area contributed by atoms with Gasteiger partial charge in [0, 0.05) is 37.5 Å². The van der Waals surface area contributed by atoms with Crippen molar-refractivity contribution in [1.29, 1.82) is 0 Å². The van der Waals surface area contributed by atoms with E-state index >= 15 is 0 Å². The van der Waals surface area contributed by atoms with E-state index in [9.17, 15) is 0 Å². The van der Waals surface area contributed by atoms with Crippen LogP contribution in [0.1, 0.15) is 34.1 Å². The third-order valence-electron chi connectivity index (χ3n) is 5.53. The van der Waals surface area contributed by atoms with Gasteiger partial charge in [-0.2, -0.15) is 5.10 Å². The number of anilines is 1. The molecule has 1 saturated heterocycles. The van der Waals surface area contributed by atoms with Gasteiger partial charge in [0.2, 0.25) is 5.95 Å². The van der Waals surface area contributed by atoms with E-state index in [0.29, 0.717) is 0 Å². The van der Waals surface area contributed by atoms with Crippen molar-refractivity contribution in [1.82, 2.24) is 25.1 Å². The van der Waals surface area contributed by atoms with E-state index in [-0.39, 0.29) is 18.3 Å². The van der Waals surface area contributed by atoms with Gasteiger partial charge in [-0.15, -0.1) is 0 Å². The first-order valence-corrected chi connectivity index (χ1v) is 10.7. The summed E-state index contributed by atoms with van der Waals surface area (Å²) in [5.41, 5.74) is 13.0. The monoisotopic (exact) mass is 426 g/mol. The average molecular weight is 427 g/mol. The molecular formula is C25H26N6O. The van der Waals surface area contributed by atoms with Crippen molar-refractivity contribution < 1.29 is 4.74 Å². The maximum Gasteiger partial charge on any atom is 0.220 e. The van der Waals surface area contributed by atoms with Crippen LogP contribution in [-0.4, -0.2) is 26.0 Å². The molecule has 0 bridgehead atoms. The van der Waals surface area contributed by atoms with Crippen molar-refractivity contribution in [2.24, 2.45) is 7.05 Å². The SMILES string of the molecule is Cc1cc(-c2nn(C)cc2Cc2cccc(C3OC3NCc3ccccc3)c2)nc(N)n1. The molecule has 5 rings (SSSR count). The largest absolute Gasteiger partial charge is 0.368 e. The molecule has 162 valence electrons. The summed E-state index contributed by atoms with van der Waals surface area (Å²) in [6.45, 7) is 2.70. The molecule has 3 N–H and O–H groups in total. The highest BCUT2D eigenvalue weighted by Gasteiger charge is 2.39. The number of nitrogens with zero attached hydrogens (tertiary/aromatic N) is 4. The Balaban J connectivity index is 1.30. The summed E-state index contributed by atoms with van der Waals surface area (Å²) >= 11 is 0. The molecule has 0 radical (unpaired) electrons. The molecule has 1 aliphatic heterocycles. The molecule has 7 heteroatoms. The molecule has 7 nitrogen and oxygen atoms in total. The predicted molar refractivity (Wildman–Crippen MR) is 124 cm³/mol. The van der Waals surface area contributed by atoms with E-state index < -0.39 is 0 Å². The summed E-state index contributed by atoms with van der Waals surface area (Å²) < 4.78 is 7.71. The van der Waals surface area contributed by atoms with Gasteiger partial charge in [-0.05, 0) is 29.7 Å². The van der Waals surface area contributed by atoms with Crippen LogP contribution >= 0.6 is 0 Å². The molecule has 1 fully saturated rings. The second-order valence-corrected chi connectivity index (χ2v) is 8.19.